The van der Waals surface area contributed by atoms with Gasteiger partial charge in [0.15, 0.2) is 0 Å². The zero-order valence-corrected chi connectivity index (χ0v) is 19.8. The molecule has 0 radical (unpaired) electrons. The minimum absolute atomic E-state index is 0.0887. The molecule has 0 saturated carbocycles. The molecule has 0 spiro atoms. The maximum absolute atomic E-state index is 12.5. The Morgan fingerprint density at radius 1 is 1.06 bits per heavy atom. The average molecular weight is 441 g/mol. The van der Waals surface area contributed by atoms with Crippen molar-refractivity contribution in [3.8, 4) is 17.2 Å². The van der Waals surface area contributed by atoms with Gasteiger partial charge in [-0.2, -0.15) is 0 Å². The minimum atomic E-state index is 0.0887. The van der Waals surface area contributed by atoms with Gasteiger partial charge in [-0.25, -0.2) is 0 Å². The molecule has 1 amide bonds. The summed E-state index contributed by atoms with van der Waals surface area (Å²) in [6, 6.07) is 12.1. The van der Waals surface area contributed by atoms with Gasteiger partial charge in [-0.1, -0.05) is 12.1 Å². The van der Waals surface area contributed by atoms with E-state index in [0.29, 0.717) is 18.9 Å². The quantitative estimate of drug-likeness (QED) is 0.596. The van der Waals surface area contributed by atoms with Gasteiger partial charge >= 0.3 is 0 Å². The van der Waals surface area contributed by atoms with Crippen LogP contribution in [-0.2, 0) is 17.9 Å². The van der Waals surface area contributed by atoms with E-state index in [9.17, 15) is 4.79 Å². The van der Waals surface area contributed by atoms with Crippen LogP contribution in [0.15, 0.2) is 36.4 Å². The summed E-state index contributed by atoms with van der Waals surface area (Å²) in [5.41, 5.74) is 3.43. The molecule has 6 heteroatoms. The molecule has 1 aliphatic heterocycles. The van der Waals surface area contributed by atoms with Crippen LogP contribution in [0.1, 0.15) is 42.4 Å². The summed E-state index contributed by atoms with van der Waals surface area (Å²) in [5, 5.41) is 3.03. The van der Waals surface area contributed by atoms with E-state index in [4.69, 9.17) is 14.2 Å². The van der Waals surface area contributed by atoms with Crippen LogP contribution in [0.3, 0.4) is 0 Å². The Balaban J connectivity index is 1.44. The van der Waals surface area contributed by atoms with Crippen LogP contribution < -0.4 is 19.5 Å². The fourth-order valence-electron chi connectivity index (χ4n) is 4.44. The lowest BCUT2D eigenvalue weighted by Crippen LogP contribution is -2.35. The molecule has 174 valence electrons. The number of rotatable bonds is 10. The Morgan fingerprint density at radius 2 is 1.88 bits per heavy atom. The highest BCUT2D eigenvalue weighted by Crippen LogP contribution is 2.26. The second-order valence-electron chi connectivity index (χ2n) is 8.54. The van der Waals surface area contributed by atoms with E-state index in [2.05, 4.69) is 29.3 Å². The first-order valence-electron chi connectivity index (χ1n) is 11.4. The van der Waals surface area contributed by atoms with E-state index in [1.807, 2.05) is 24.3 Å². The zero-order valence-electron chi connectivity index (χ0n) is 19.8. The first-order chi connectivity index (χ1) is 15.5. The highest BCUT2D eigenvalue weighted by Gasteiger charge is 2.21. The van der Waals surface area contributed by atoms with Gasteiger partial charge in [0.2, 0.25) is 5.91 Å². The van der Waals surface area contributed by atoms with Crippen molar-refractivity contribution in [3.63, 3.8) is 0 Å². The van der Waals surface area contributed by atoms with E-state index in [-0.39, 0.29) is 5.91 Å². The monoisotopic (exact) mass is 440 g/mol. The molecule has 0 aliphatic carbocycles. The molecule has 1 atom stereocenters. The molecule has 2 aromatic carbocycles. The van der Waals surface area contributed by atoms with Crippen molar-refractivity contribution in [3.05, 3.63) is 53.1 Å². The van der Waals surface area contributed by atoms with E-state index in [1.165, 1.54) is 24.0 Å². The van der Waals surface area contributed by atoms with Gasteiger partial charge in [-0.05, 0) is 68.0 Å². The lowest BCUT2D eigenvalue weighted by molar-refractivity contribution is -0.121. The molecule has 6 nitrogen and oxygen atoms in total. The van der Waals surface area contributed by atoms with Crippen molar-refractivity contribution >= 4 is 5.91 Å². The van der Waals surface area contributed by atoms with Crippen LogP contribution in [0.25, 0.3) is 0 Å². The number of hydrogen-bond donors (Lipinski definition) is 1. The van der Waals surface area contributed by atoms with Gasteiger partial charge < -0.3 is 19.5 Å². The van der Waals surface area contributed by atoms with Gasteiger partial charge in [-0.15, -0.1) is 0 Å². The van der Waals surface area contributed by atoms with Crippen LogP contribution in [0, 0.1) is 12.8 Å². The van der Waals surface area contributed by atoms with Crippen LogP contribution >= 0.6 is 0 Å². The molecule has 0 aromatic heterocycles. The predicted molar refractivity (Wildman–Crippen MR) is 126 cm³/mol. The third kappa shape index (κ3) is 6.63. The SMILES string of the molecule is COc1ccc(CNC(=O)CC[C@H]2CCCN(Cc3ccc(OC)c(C)c3)C2)c(OC)c1. The second kappa shape index (κ2) is 11.8. The highest BCUT2D eigenvalue weighted by atomic mass is 16.5. The number of benzene rings is 2. The molecular formula is C26H36N2O4. The summed E-state index contributed by atoms with van der Waals surface area (Å²) in [4.78, 5) is 15.0. The summed E-state index contributed by atoms with van der Waals surface area (Å²) in [6.45, 7) is 5.65. The number of carbonyl (C=O) groups is 1. The first-order valence-corrected chi connectivity index (χ1v) is 11.4. The molecule has 1 aliphatic rings. The standard InChI is InChI=1S/C26H36N2O4/c1-19-14-21(7-11-24(19)31-3)18-28-13-5-6-20(17-28)8-12-26(29)27-16-22-9-10-23(30-2)15-25(22)32-4/h7,9-11,14-15,20H,5-6,8,12-13,16-18H2,1-4H3,(H,27,29)/t20-/m1/s1. The Morgan fingerprint density at radius 3 is 2.59 bits per heavy atom. The van der Waals surface area contributed by atoms with Crippen molar-refractivity contribution in [2.24, 2.45) is 5.92 Å². The molecule has 1 N–H and O–H groups in total. The summed E-state index contributed by atoms with van der Waals surface area (Å²) in [5.74, 6) is 3.05. The fraction of sp³-hybridized carbons (Fsp3) is 0.500. The molecule has 3 rings (SSSR count). The van der Waals surface area contributed by atoms with Gasteiger partial charge in [0.25, 0.3) is 0 Å². The zero-order chi connectivity index (χ0) is 22.9. The van der Waals surface area contributed by atoms with Crippen molar-refractivity contribution < 1.29 is 19.0 Å². The van der Waals surface area contributed by atoms with E-state index in [0.717, 1.165) is 48.9 Å². The minimum Gasteiger partial charge on any atom is -0.497 e. The highest BCUT2D eigenvalue weighted by molar-refractivity contribution is 5.75. The second-order valence-corrected chi connectivity index (χ2v) is 8.54. The van der Waals surface area contributed by atoms with E-state index < -0.39 is 0 Å². The third-order valence-corrected chi connectivity index (χ3v) is 6.22. The maximum Gasteiger partial charge on any atom is 0.220 e. The Bertz CT molecular complexity index is 899. The Kier molecular flexibility index (Phi) is 8.80. The van der Waals surface area contributed by atoms with Crippen LogP contribution in [0.5, 0.6) is 17.2 Å². The summed E-state index contributed by atoms with van der Waals surface area (Å²) < 4.78 is 16.0. The summed E-state index contributed by atoms with van der Waals surface area (Å²) >= 11 is 0. The lowest BCUT2D eigenvalue weighted by Gasteiger charge is -2.32. The fourth-order valence-corrected chi connectivity index (χ4v) is 4.44. The van der Waals surface area contributed by atoms with Crippen LogP contribution in [0.2, 0.25) is 0 Å². The number of amides is 1. The van der Waals surface area contributed by atoms with Gasteiger partial charge in [0, 0.05) is 37.7 Å². The lowest BCUT2D eigenvalue weighted by atomic mass is 9.93. The third-order valence-electron chi connectivity index (χ3n) is 6.22. The molecule has 0 bridgehead atoms. The summed E-state index contributed by atoms with van der Waals surface area (Å²) in [6.07, 6.45) is 3.85. The van der Waals surface area contributed by atoms with Gasteiger partial charge in [0.1, 0.15) is 17.2 Å². The topological polar surface area (TPSA) is 60.0 Å². The number of piperidine rings is 1. The number of methoxy groups -OCH3 is 3. The predicted octanol–water partition coefficient (Wildman–Crippen LogP) is 4.33. The largest absolute Gasteiger partial charge is 0.497 e. The number of aryl methyl sites for hydroxylation is 1. The average Bonchev–Trinajstić information content (AvgIpc) is 2.81. The van der Waals surface area contributed by atoms with Gasteiger partial charge in [-0.3, -0.25) is 9.69 Å². The number of nitrogens with one attached hydrogen (secondary N) is 1. The maximum atomic E-state index is 12.5. The smallest absolute Gasteiger partial charge is 0.220 e. The molecule has 1 saturated heterocycles. The first kappa shape index (κ1) is 23.9. The van der Waals surface area contributed by atoms with Crippen molar-refractivity contribution in [2.75, 3.05) is 34.4 Å². The summed E-state index contributed by atoms with van der Waals surface area (Å²) in [7, 11) is 4.96. The van der Waals surface area contributed by atoms with Crippen molar-refractivity contribution in [2.45, 2.75) is 45.7 Å². The number of carbonyl (C=O) groups excluding carboxylic acids is 1. The normalized spacial score (nSPS) is 16.4. The van der Waals surface area contributed by atoms with E-state index >= 15 is 0 Å². The molecular weight excluding hydrogens is 404 g/mol. The van der Waals surface area contributed by atoms with Gasteiger partial charge in [0.05, 0.1) is 21.3 Å². The van der Waals surface area contributed by atoms with Crippen LogP contribution in [0.4, 0.5) is 0 Å². The number of likely N-dealkylation sites (tertiary alicyclic amines) is 1. The number of nitrogens with zero attached hydrogens (tertiary/aromatic N) is 1. The number of hydrogen-bond acceptors (Lipinski definition) is 5. The van der Waals surface area contributed by atoms with Crippen molar-refractivity contribution in [1.29, 1.82) is 0 Å². The molecule has 1 fully saturated rings. The molecule has 1 heterocycles. The Hall–Kier alpha value is -2.73. The molecule has 32 heavy (non-hydrogen) atoms. The number of ether oxygens (including phenoxy) is 3. The van der Waals surface area contributed by atoms with Crippen molar-refractivity contribution in [1.82, 2.24) is 10.2 Å². The molecule has 0 unspecified atom stereocenters. The Labute approximate surface area is 191 Å². The van der Waals surface area contributed by atoms with Crippen LogP contribution in [-0.4, -0.2) is 45.2 Å². The van der Waals surface area contributed by atoms with E-state index in [1.54, 1.807) is 21.3 Å². The molecule has 2 aromatic rings.